The third-order valence-electron chi connectivity index (χ3n) is 4.79. The van der Waals surface area contributed by atoms with Gasteiger partial charge in [-0.15, -0.1) is 0 Å². The van der Waals surface area contributed by atoms with Gasteiger partial charge in [-0.3, -0.25) is 4.79 Å². The number of rotatable bonds is 6. The van der Waals surface area contributed by atoms with Crippen molar-refractivity contribution in [2.75, 3.05) is 7.11 Å². The second-order valence-electron chi connectivity index (χ2n) is 7.16. The van der Waals surface area contributed by atoms with Crippen LogP contribution in [0.25, 0.3) is 11.0 Å². The number of hydrogen-bond donors (Lipinski definition) is 0. The zero-order valence-electron chi connectivity index (χ0n) is 16.8. The maximum Gasteiger partial charge on any atom is 0.336 e. The highest BCUT2D eigenvalue weighted by Gasteiger charge is 2.13. The van der Waals surface area contributed by atoms with Crippen molar-refractivity contribution in [3.8, 4) is 11.5 Å². The van der Waals surface area contributed by atoms with Crippen LogP contribution in [0.3, 0.4) is 0 Å². The molecule has 1 aromatic heterocycles. The van der Waals surface area contributed by atoms with E-state index in [2.05, 4.69) is 19.9 Å². The molecule has 5 nitrogen and oxygen atoms in total. The molecule has 2 aromatic carbocycles. The Morgan fingerprint density at radius 3 is 2.50 bits per heavy atom. The predicted octanol–water partition coefficient (Wildman–Crippen LogP) is 5.02. The summed E-state index contributed by atoms with van der Waals surface area (Å²) in [7, 11) is 1.52. The van der Waals surface area contributed by atoms with Gasteiger partial charge in [0.05, 0.1) is 7.11 Å². The standard InChI is InChI=1S/C23H24O5/c1-13(2)18-11-19-17(10-23(25)28-21(19)8-14(18)3)12-27-20-7-6-16(15(4)24)9-22(20)26-5/h6-11,13H,12H2,1-5H3. The molecule has 0 aliphatic carbocycles. The lowest BCUT2D eigenvalue weighted by Gasteiger charge is -2.15. The Kier molecular flexibility index (Phi) is 5.54. The first-order valence-corrected chi connectivity index (χ1v) is 9.19. The number of carbonyl (C=O) groups is 1. The molecule has 0 radical (unpaired) electrons. The molecule has 0 fully saturated rings. The van der Waals surface area contributed by atoms with Crippen molar-refractivity contribution in [1.82, 2.24) is 0 Å². The van der Waals surface area contributed by atoms with Crippen molar-refractivity contribution in [3.63, 3.8) is 0 Å². The number of ketones is 1. The summed E-state index contributed by atoms with van der Waals surface area (Å²) in [5.41, 5.74) is 3.71. The van der Waals surface area contributed by atoms with Crippen LogP contribution in [0.15, 0.2) is 45.6 Å². The third-order valence-corrected chi connectivity index (χ3v) is 4.79. The van der Waals surface area contributed by atoms with Crippen molar-refractivity contribution in [2.24, 2.45) is 0 Å². The van der Waals surface area contributed by atoms with Crippen LogP contribution in [0.2, 0.25) is 0 Å². The Morgan fingerprint density at radius 2 is 1.86 bits per heavy atom. The van der Waals surface area contributed by atoms with Crippen LogP contribution < -0.4 is 15.1 Å². The molecule has 0 atom stereocenters. The van der Waals surface area contributed by atoms with E-state index in [1.165, 1.54) is 25.7 Å². The molecule has 0 spiro atoms. The molecule has 0 N–H and O–H groups in total. The number of benzene rings is 2. The van der Waals surface area contributed by atoms with E-state index in [-0.39, 0.29) is 12.4 Å². The zero-order chi connectivity index (χ0) is 20.4. The van der Waals surface area contributed by atoms with E-state index in [9.17, 15) is 9.59 Å². The first-order valence-electron chi connectivity index (χ1n) is 9.19. The van der Waals surface area contributed by atoms with Crippen LogP contribution in [0.4, 0.5) is 0 Å². The van der Waals surface area contributed by atoms with E-state index < -0.39 is 5.63 Å². The number of Topliss-reactive ketones (excluding diaryl/α,β-unsaturated/α-hetero) is 1. The molecule has 5 heteroatoms. The number of methoxy groups -OCH3 is 1. The lowest BCUT2D eigenvalue weighted by molar-refractivity contribution is 0.101. The Bertz CT molecular complexity index is 1090. The minimum absolute atomic E-state index is 0.0481. The molecule has 3 rings (SSSR count). The van der Waals surface area contributed by atoms with Crippen molar-refractivity contribution >= 4 is 16.8 Å². The molecular weight excluding hydrogens is 356 g/mol. The van der Waals surface area contributed by atoms with Gasteiger partial charge in [-0.25, -0.2) is 4.79 Å². The summed E-state index contributed by atoms with van der Waals surface area (Å²) in [6.45, 7) is 7.95. The van der Waals surface area contributed by atoms with Crippen LogP contribution in [-0.2, 0) is 6.61 Å². The van der Waals surface area contributed by atoms with Gasteiger partial charge >= 0.3 is 5.63 Å². The van der Waals surface area contributed by atoms with Gasteiger partial charge in [0.2, 0.25) is 0 Å². The fraction of sp³-hybridized carbons (Fsp3) is 0.304. The van der Waals surface area contributed by atoms with Crippen LogP contribution in [0, 0.1) is 6.92 Å². The third kappa shape index (κ3) is 3.93. The highest BCUT2D eigenvalue weighted by molar-refractivity contribution is 5.94. The van der Waals surface area contributed by atoms with Crippen molar-refractivity contribution in [3.05, 3.63) is 69.1 Å². The summed E-state index contributed by atoms with van der Waals surface area (Å²) in [6.07, 6.45) is 0. The van der Waals surface area contributed by atoms with Gasteiger partial charge in [0.1, 0.15) is 12.2 Å². The molecule has 28 heavy (non-hydrogen) atoms. The van der Waals surface area contributed by atoms with Gasteiger partial charge < -0.3 is 13.9 Å². The topological polar surface area (TPSA) is 65.7 Å². The van der Waals surface area contributed by atoms with Gasteiger partial charge in [-0.2, -0.15) is 0 Å². The Morgan fingerprint density at radius 1 is 1.11 bits per heavy atom. The van der Waals surface area contributed by atoms with E-state index in [0.29, 0.717) is 28.6 Å². The predicted molar refractivity (Wildman–Crippen MR) is 109 cm³/mol. The van der Waals surface area contributed by atoms with Gasteiger partial charge in [0, 0.05) is 22.6 Å². The maximum atomic E-state index is 12.0. The molecule has 0 aliphatic heterocycles. The monoisotopic (exact) mass is 380 g/mol. The average Bonchev–Trinajstić information content (AvgIpc) is 2.64. The number of aryl methyl sites for hydroxylation is 1. The molecule has 0 bridgehead atoms. The lowest BCUT2D eigenvalue weighted by atomic mass is 9.95. The minimum atomic E-state index is -0.415. The van der Waals surface area contributed by atoms with Gasteiger partial charge in [-0.1, -0.05) is 13.8 Å². The summed E-state index contributed by atoms with van der Waals surface area (Å²) in [5.74, 6) is 1.28. The Labute approximate surface area is 163 Å². The quantitative estimate of drug-likeness (QED) is 0.444. The number of carbonyl (C=O) groups excluding carboxylic acids is 1. The molecule has 0 saturated carbocycles. The average molecular weight is 380 g/mol. The Balaban J connectivity index is 1.99. The van der Waals surface area contributed by atoms with Crippen molar-refractivity contribution in [1.29, 1.82) is 0 Å². The largest absolute Gasteiger partial charge is 0.493 e. The number of hydrogen-bond acceptors (Lipinski definition) is 5. The van der Waals surface area contributed by atoms with Crippen molar-refractivity contribution in [2.45, 2.75) is 40.2 Å². The molecule has 146 valence electrons. The molecule has 0 amide bonds. The summed E-state index contributed by atoms with van der Waals surface area (Å²) < 4.78 is 16.7. The number of fused-ring (bicyclic) bond motifs is 1. The minimum Gasteiger partial charge on any atom is -0.493 e. The van der Waals surface area contributed by atoms with Crippen LogP contribution >= 0.6 is 0 Å². The molecule has 0 saturated heterocycles. The molecule has 1 heterocycles. The SMILES string of the molecule is COc1cc(C(C)=O)ccc1OCc1cc(=O)oc2cc(C)c(C(C)C)cc12. The molecular formula is C23H24O5. The summed E-state index contributed by atoms with van der Waals surface area (Å²) in [5, 5.41) is 0.855. The molecule has 0 unspecified atom stereocenters. The van der Waals surface area contributed by atoms with Gasteiger partial charge in [0.15, 0.2) is 17.3 Å². The highest BCUT2D eigenvalue weighted by Crippen LogP contribution is 2.31. The van der Waals surface area contributed by atoms with Gasteiger partial charge in [-0.05, 0) is 61.2 Å². The maximum absolute atomic E-state index is 12.0. The van der Waals surface area contributed by atoms with E-state index in [1.807, 2.05) is 13.0 Å². The highest BCUT2D eigenvalue weighted by atomic mass is 16.5. The summed E-state index contributed by atoms with van der Waals surface area (Å²) in [4.78, 5) is 23.6. The smallest absolute Gasteiger partial charge is 0.336 e. The van der Waals surface area contributed by atoms with E-state index >= 15 is 0 Å². The summed E-state index contributed by atoms with van der Waals surface area (Å²) in [6, 6.07) is 10.5. The zero-order valence-corrected chi connectivity index (χ0v) is 16.8. The number of ether oxygens (including phenoxy) is 2. The first kappa shape index (κ1) is 19.7. The first-order chi connectivity index (χ1) is 13.3. The second kappa shape index (κ2) is 7.89. The lowest BCUT2D eigenvalue weighted by Crippen LogP contribution is -2.06. The fourth-order valence-electron chi connectivity index (χ4n) is 3.29. The van der Waals surface area contributed by atoms with Crippen LogP contribution in [0.5, 0.6) is 11.5 Å². The second-order valence-corrected chi connectivity index (χ2v) is 7.16. The van der Waals surface area contributed by atoms with Crippen LogP contribution in [0.1, 0.15) is 53.7 Å². The normalized spacial score (nSPS) is 11.1. The van der Waals surface area contributed by atoms with E-state index in [0.717, 1.165) is 16.5 Å². The van der Waals surface area contributed by atoms with E-state index in [4.69, 9.17) is 13.9 Å². The molecule has 0 aliphatic rings. The van der Waals surface area contributed by atoms with Crippen molar-refractivity contribution < 1.29 is 18.7 Å². The van der Waals surface area contributed by atoms with Gasteiger partial charge in [0.25, 0.3) is 0 Å². The van der Waals surface area contributed by atoms with Crippen LogP contribution in [-0.4, -0.2) is 12.9 Å². The van der Waals surface area contributed by atoms with E-state index in [1.54, 1.807) is 18.2 Å². The molecule has 3 aromatic rings. The summed E-state index contributed by atoms with van der Waals surface area (Å²) >= 11 is 0. The Hall–Kier alpha value is -3.08. The fourth-order valence-corrected chi connectivity index (χ4v) is 3.29.